The molecule has 0 atom stereocenters. The second-order valence-electron chi connectivity index (χ2n) is 3.71. The van der Waals surface area contributed by atoms with E-state index >= 15 is 0 Å². The smallest absolute Gasteiger partial charge is 0.309 e. The molecule has 0 amide bonds. The van der Waals surface area contributed by atoms with Gasteiger partial charge in [-0.05, 0) is 12.8 Å². The molecule has 0 radical (unpaired) electrons. The van der Waals surface area contributed by atoms with Crippen LogP contribution >= 0.6 is 11.3 Å². The molecule has 2 rings (SSSR count). The van der Waals surface area contributed by atoms with Gasteiger partial charge in [0.05, 0.1) is 12.1 Å². The van der Waals surface area contributed by atoms with Gasteiger partial charge < -0.3 is 5.11 Å². The van der Waals surface area contributed by atoms with Crippen LogP contribution in [0.4, 0.5) is 5.13 Å². The molecule has 0 aliphatic heterocycles. The summed E-state index contributed by atoms with van der Waals surface area (Å²) in [6, 6.07) is 0.0194. The lowest BCUT2D eigenvalue weighted by atomic mass is 10.3. The van der Waals surface area contributed by atoms with Crippen LogP contribution in [0.2, 0.25) is 0 Å². The van der Waals surface area contributed by atoms with Crippen molar-refractivity contribution >= 4 is 32.6 Å². The Hall–Kier alpha value is -1.19. The average molecular weight is 277 g/mol. The van der Waals surface area contributed by atoms with Crippen LogP contribution in [0, 0.1) is 0 Å². The number of hydrogen-bond acceptors (Lipinski definition) is 5. The molecule has 1 aliphatic rings. The third-order valence-electron chi connectivity index (χ3n) is 2.00. The van der Waals surface area contributed by atoms with Gasteiger partial charge in [-0.3, -0.25) is 4.79 Å². The first kappa shape index (κ1) is 12.3. The third kappa shape index (κ3) is 3.95. The summed E-state index contributed by atoms with van der Waals surface area (Å²) in [7, 11) is -3.59. The Morgan fingerprint density at radius 1 is 1.59 bits per heavy atom. The number of carbonyl (C=O) groups is 1. The Bertz CT molecular complexity index is 521. The number of nitrogens with zero attached hydrogens (tertiary/aromatic N) is 1. The molecule has 94 valence electrons. The lowest BCUT2D eigenvalue weighted by Crippen LogP contribution is -2.31. The molecule has 1 aromatic rings. The molecule has 3 N–H and O–H groups in total. The number of hydrogen-bond donors (Lipinski definition) is 3. The van der Waals surface area contributed by atoms with E-state index in [0.29, 0.717) is 5.69 Å². The van der Waals surface area contributed by atoms with E-state index in [0.717, 1.165) is 24.2 Å². The Kier molecular flexibility index (Phi) is 3.31. The molecule has 17 heavy (non-hydrogen) atoms. The van der Waals surface area contributed by atoms with Crippen molar-refractivity contribution in [3.8, 4) is 0 Å². The fourth-order valence-electron chi connectivity index (χ4n) is 1.15. The summed E-state index contributed by atoms with van der Waals surface area (Å²) in [4.78, 5) is 14.3. The van der Waals surface area contributed by atoms with Crippen molar-refractivity contribution in [3.05, 3.63) is 11.1 Å². The normalized spacial score (nSPS) is 15.8. The second-order valence-corrected chi connectivity index (χ2v) is 6.02. The molecule has 1 saturated carbocycles. The van der Waals surface area contributed by atoms with Crippen molar-refractivity contribution in [2.45, 2.75) is 25.3 Å². The van der Waals surface area contributed by atoms with E-state index in [-0.39, 0.29) is 17.6 Å². The van der Waals surface area contributed by atoms with Gasteiger partial charge in [0.1, 0.15) is 0 Å². The maximum absolute atomic E-state index is 11.5. The van der Waals surface area contributed by atoms with Crippen molar-refractivity contribution in [2.24, 2.45) is 0 Å². The summed E-state index contributed by atoms with van der Waals surface area (Å²) in [5.41, 5.74) is 0.339. The summed E-state index contributed by atoms with van der Waals surface area (Å²) in [5.74, 6) is -0.999. The van der Waals surface area contributed by atoms with Crippen molar-refractivity contribution in [1.29, 1.82) is 0 Å². The zero-order valence-corrected chi connectivity index (χ0v) is 10.3. The zero-order chi connectivity index (χ0) is 12.5. The number of carboxylic acid groups (broad SMARTS) is 1. The first-order chi connectivity index (χ1) is 7.94. The van der Waals surface area contributed by atoms with Crippen molar-refractivity contribution in [2.75, 3.05) is 4.72 Å². The number of thiazole rings is 1. The molecule has 0 aromatic carbocycles. The second kappa shape index (κ2) is 4.59. The molecule has 0 spiro atoms. The third-order valence-corrected chi connectivity index (χ3v) is 4.05. The van der Waals surface area contributed by atoms with Gasteiger partial charge in [0.2, 0.25) is 0 Å². The molecule has 1 aliphatic carbocycles. The Morgan fingerprint density at radius 3 is 2.88 bits per heavy atom. The van der Waals surface area contributed by atoms with Gasteiger partial charge in [-0.1, -0.05) is 0 Å². The molecule has 0 unspecified atom stereocenters. The van der Waals surface area contributed by atoms with E-state index in [1.165, 1.54) is 5.38 Å². The molecule has 7 nitrogen and oxygen atoms in total. The van der Waals surface area contributed by atoms with Gasteiger partial charge in [0.25, 0.3) is 0 Å². The van der Waals surface area contributed by atoms with Crippen molar-refractivity contribution in [3.63, 3.8) is 0 Å². The molecule has 0 saturated heterocycles. The highest BCUT2D eigenvalue weighted by molar-refractivity contribution is 7.91. The fraction of sp³-hybridized carbons (Fsp3) is 0.500. The van der Waals surface area contributed by atoms with Gasteiger partial charge in [0.15, 0.2) is 5.13 Å². The predicted octanol–water partition coefficient (Wildman–Crippen LogP) is 0.179. The zero-order valence-electron chi connectivity index (χ0n) is 8.71. The van der Waals surface area contributed by atoms with Gasteiger partial charge >= 0.3 is 16.2 Å². The maximum Gasteiger partial charge on any atom is 0.309 e. The highest BCUT2D eigenvalue weighted by Gasteiger charge is 2.27. The van der Waals surface area contributed by atoms with E-state index in [1.54, 1.807) is 0 Å². The lowest BCUT2D eigenvalue weighted by Gasteiger charge is -2.04. The monoisotopic (exact) mass is 277 g/mol. The summed E-state index contributed by atoms with van der Waals surface area (Å²) >= 11 is 1.06. The number of carboxylic acids is 1. The Balaban J connectivity index is 1.97. The minimum absolute atomic E-state index is 0.0194. The SMILES string of the molecule is O=C(O)Cc1csc(NS(=O)(=O)NC2CC2)n1. The molecule has 1 aromatic heterocycles. The van der Waals surface area contributed by atoms with Gasteiger partial charge in [-0.15, -0.1) is 11.3 Å². The largest absolute Gasteiger partial charge is 0.481 e. The highest BCUT2D eigenvalue weighted by atomic mass is 32.2. The van der Waals surface area contributed by atoms with Crippen LogP contribution in [-0.2, 0) is 21.4 Å². The van der Waals surface area contributed by atoms with E-state index < -0.39 is 16.2 Å². The number of nitrogens with one attached hydrogen (secondary N) is 2. The van der Waals surface area contributed by atoms with Gasteiger partial charge in [-0.25, -0.2) is 9.71 Å². The summed E-state index contributed by atoms with van der Waals surface area (Å²) in [5, 5.41) is 10.2. The maximum atomic E-state index is 11.5. The Labute approximate surface area is 102 Å². The van der Waals surface area contributed by atoms with Crippen LogP contribution < -0.4 is 9.44 Å². The lowest BCUT2D eigenvalue weighted by molar-refractivity contribution is -0.136. The van der Waals surface area contributed by atoms with Crippen LogP contribution in [0.1, 0.15) is 18.5 Å². The molecular formula is C8H11N3O4S2. The number of aliphatic carboxylic acids is 1. The quantitative estimate of drug-likeness (QED) is 0.687. The van der Waals surface area contributed by atoms with Crippen LogP contribution in [0.5, 0.6) is 0 Å². The molecule has 0 bridgehead atoms. The summed E-state index contributed by atoms with van der Waals surface area (Å²) in [6.45, 7) is 0. The average Bonchev–Trinajstić information content (AvgIpc) is 2.86. The molecule has 1 fully saturated rings. The fourth-order valence-corrected chi connectivity index (χ4v) is 3.24. The van der Waals surface area contributed by atoms with Crippen LogP contribution in [0.15, 0.2) is 5.38 Å². The van der Waals surface area contributed by atoms with E-state index in [1.807, 2.05) is 0 Å². The molecule has 9 heteroatoms. The summed E-state index contributed by atoms with van der Waals surface area (Å²) in [6.07, 6.45) is 1.49. The molecule has 1 heterocycles. The minimum Gasteiger partial charge on any atom is -0.481 e. The van der Waals surface area contributed by atoms with E-state index in [9.17, 15) is 13.2 Å². The van der Waals surface area contributed by atoms with Gasteiger partial charge in [-0.2, -0.15) is 13.1 Å². The van der Waals surface area contributed by atoms with Crippen LogP contribution in [-0.4, -0.2) is 30.5 Å². The molecular weight excluding hydrogens is 266 g/mol. The van der Waals surface area contributed by atoms with Crippen LogP contribution in [0.25, 0.3) is 0 Å². The predicted molar refractivity (Wildman–Crippen MR) is 62.2 cm³/mol. The topological polar surface area (TPSA) is 108 Å². The van der Waals surface area contributed by atoms with Gasteiger partial charge in [0, 0.05) is 11.4 Å². The highest BCUT2D eigenvalue weighted by Crippen LogP contribution is 2.21. The van der Waals surface area contributed by atoms with Crippen molar-refractivity contribution in [1.82, 2.24) is 9.71 Å². The number of anilines is 1. The minimum atomic E-state index is -3.59. The first-order valence-corrected chi connectivity index (χ1v) is 7.27. The van der Waals surface area contributed by atoms with E-state index in [4.69, 9.17) is 5.11 Å². The standard InChI is InChI=1S/C8H11N3O4S2/c12-7(13)3-6-4-16-8(9-6)11-17(14,15)10-5-1-2-5/h4-5,10H,1-3H2,(H,9,11)(H,12,13). The summed E-state index contributed by atoms with van der Waals surface area (Å²) < 4.78 is 27.7. The first-order valence-electron chi connectivity index (χ1n) is 4.91. The van der Waals surface area contributed by atoms with E-state index in [2.05, 4.69) is 14.4 Å². The Morgan fingerprint density at radius 2 is 2.29 bits per heavy atom. The van der Waals surface area contributed by atoms with Crippen LogP contribution in [0.3, 0.4) is 0 Å². The number of rotatable bonds is 6. The van der Waals surface area contributed by atoms with Crippen molar-refractivity contribution < 1.29 is 18.3 Å². The number of aromatic nitrogens is 1.